The molecule has 5 rings (SSSR count). The number of fused-ring (bicyclic) bond motifs is 1. The zero-order valence-corrected chi connectivity index (χ0v) is 22.2. The Kier molecular flexibility index (Phi) is 7.43. The Labute approximate surface area is 223 Å². The lowest BCUT2D eigenvalue weighted by atomic mass is 9.80. The number of carbonyl (C=O) groups excluding carboxylic acids is 2. The summed E-state index contributed by atoms with van der Waals surface area (Å²) in [6, 6.07) is 7.77. The summed E-state index contributed by atoms with van der Waals surface area (Å²) in [5.74, 6) is 1.03. The minimum absolute atomic E-state index is 0.0333. The Bertz CT molecular complexity index is 1170. The molecule has 2 aromatic rings. The van der Waals surface area contributed by atoms with Crippen molar-refractivity contribution in [3.8, 4) is 5.75 Å². The molecule has 10 heteroatoms. The fourth-order valence-corrected chi connectivity index (χ4v) is 5.94. The summed E-state index contributed by atoms with van der Waals surface area (Å²) in [5.41, 5.74) is 7.10. The SMILES string of the molecule is CN(C)C(=O)NC1CC2(CCN(C(=O)C3CCN(Cc4ccnc(N)c4)CC3)CC2)Oc2ccc(F)cc21. The fraction of sp³-hybridized carbons (Fsp3) is 0.536. The zero-order chi connectivity index (χ0) is 26.9. The van der Waals surface area contributed by atoms with Gasteiger partial charge < -0.3 is 25.6 Å². The minimum atomic E-state index is -0.498. The highest BCUT2D eigenvalue weighted by Crippen LogP contribution is 2.45. The Morgan fingerprint density at radius 2 is 1.89 bits per heavy atom. The van der Waals surface area contributed by atoms with Gasteiger partial charge in [0.15, 0.2) is 0 Å². The summed E-state index contributed by atoms with van der Waals surface area (Å²) in [4.78, 5) is 35.7. The number of carbonyl (C=O) groups is 2. The molecule has 1 aromatic heterocycles. The summed E-state index contributed by atoms with van der Waals surface area (Å²) in [6.07, 6.45) is 5.31. The normalized spacial score (nSPS) is 21.4. The van der Waals surface area contributed by atoms with Crippen LogP contribution in [-0.2, 0) is 11.3 Å². The van der Waals surface area contributed by atoms with Gasteiger partial charge in [-0.2, -0.15) is 0 Å². The topological polar surface area (TPSA) is 104 Å². The molecule has 2 saturated heterocycles. The first-order chi connectivity index (χ1) is 18.2. The molecule has 1 spiro atoms. The second-order valence-electron chi connectivity index (χ2n) is 11.0. The number of nitrogens with two attached hydrogens (primary N) is 1. The van der Waals surface area contributed by atoms with Crippen molar-refractivity contribution in [1.29, 1.82) is 0 Å². The number of hydrogen-bond donors (Lipinski definition) is 2. The van der Waals surface area contributed by atoms with Gasteiger partial charge in [-0.1, -0.05) is 0 Å². The number of nitrogens with one attached hydrogen (secondary N) is 1. The fourth-order valence-electron chi connectivity index (χ4n) is 5.94. The maximum Gasteiger partial charge on any atom is 0.317 e. The molecule has 9 nitrogen and oxygen atoms in total. The predicted molar refractivity (Wildman–Crippen MR) is 142 cm³/mol. The van der Waals surface area contributed by atoms with Crippen LogP contribution in [0, 0.1) is 11.7 Å². The molecule has 1 atom stereocenters. The van der Waals surface area contributed by atoms with Crippen LogP contribution in [0.1, 0.15) is 49.3 Å². The predicted octanol–water partition coefficient (Wildman–Crippen LogP) is 3.17. The van der Waals surface area contributed by atoms with Crippen molar-refractivity contribution in [3.63, 3.8) is 0 Å². The number of nitrogen functional groups attached to an aromatic ring is 1. The highest BCUT2D eigenvalue weighted by atomic mass is 19.1. The second-order valence-corrected chi connectivity index (χ2v) is 11.0. The number of hydrogen-bond acceptors (Lipinski definition) is 6. The lowest BCUT2D eigenvalue weighted by molar-refractivity contribution is -0.141. The van der Waals surface area contributed by atoms with E-state index in [4.69, 9.17) is 10.5 Å². The molecule has 3 aliphatic heterocycles. The molecule has 1 unspecified atom stereocenters. The Hall–Kier alpha value is -3.40. The third-order valence-corrected chi connectivity index (χ3v) is 8.13. The quantitative estimate of drug-likeness (QED) is 0.637. The van der Waals surface area contributed by atoms with Crippen LogP contribution in [-0.4, -0.2) is 77.5 Å². The van der Waals surface area contributed by atoms with Crippen LogP contribution >= 0.6 is 0 Å². The first-order valence-electron chi connectivity index (χ1n) is 13.4. The van der Waals surface area contributed by atoms with Gasteiger partial charge in [-0.05, 0) is 61.8 Å². The molecule has 1 aromatic carbocycles. The minimum Gasteiger partial charge on any atom is -0.487 e. The van der Waals surface area contributed by atoms with Crippen molar-refractivity contribution in [2.24, 2.45) is 5.92 Å². The van der Waals surface area contributed by atoms with E-state index in [9.17, 15) is 14.0 Å². The molecule has 4 heterocycles. The molecule has 3 amide bonds. The van der Waals surface area contributed by atoms with Crippen LogP contribution in [0.3, 0.4) is 0 Å². The van der Waals surface area contributed by atoms with Gasteiger partial charge in [-0.15, -0.1) is 0 Å². The van der Waals surface area contributed by atoms with Crippen molar-refractivity contribution in [3.05, 3.63) is 53.5 Å². The van der Waals surface area contributed by atoms with Gasteiger partial charge in [0.05, 0.1) is 6.04 Å². The van der Waals surface area contributed by atoms with Crippen molar-refractivity contribution < 1.29 is 18.7 Å². The third kappa shape index (κ3) is 5.70. The molecular weight excluding hydrogens is 487 g/mol. The molecule has 3 N–H and O–H groups in total. The molecule has 2 fully saturated rings. The van der Waals surface area contributed by atoms with Gasteiger partial charge in [0, 0.05) is 70.7 Å². The number of nitrogens with zero attached hydrogens (tertiary/aromatic N) is 4. The third-order valence-electron chi connectivity index (χ3n) is 8.13. The zero-order valence-electron chi connectivity index (χ0n) is 22.2. The number of halogens is 1. The van der Waals surface area contributed by atoms with Crippen molar-refractivity contribution in [2.45, 2.75) is 50.3 Å². The van der Waals surface area contributed by atoms with E-state index in [-0.39, 0.29) is 29.7 Å². The standard InChI is InChI=1S/C28H37FN6O3/c1-33(2)27(37)32-23-17-28(38-24-4-3-21(29)16-22(23)24)8-13-35(14-9-28)26(36)20-6-11-34(12-7-20)18-19-5-10-31-25(30)15-19/h3-5,10,15-16,20,23H,6-9,11-14,17-18H2,1-2H3,(H2,30,31)(H,32,37). The van der Waals surface area contributed by atoms with Gasteiger partial charge in [0.1, 0.15) is 23.0 Å². The van der Waals surface area contributed by atoms with Crippen LogP contribution in [0.5, 0.6) is 5.75 Å². The number of urea groups is 1. The van der Waals surface area contributed by atoms with E-state index < -0.39 is 5.60 Å². The lowest BCUT2D eigenvalue weighted by Crippen LogP contribution is -2.55. The monoisotopic (exact) mass is 524 g/mol. The number of piperidine rings is 2. The number of pyridine rings is 1. The highest BCUT2D eigenvalue weighted by molar-refractivity contribution is 5.79. The number of anilines is 1. The number of likely N-dealkylation sites (tertiary alicyclic amines) is 2. The van der Waals surface area contributed by atoms with Gasteiger partial charge in [-0.25, -0.2) is 14.2 Å². The molecule has 204 valence electrons. The maximum atomic E-state index is 14.0. The van der Waals surface area contributed by atoms with E-state index >= 15 is 0 Å². The van der Waals surface area contributed by atoms with Crippen LogP contribution in [0.2, 0.25) is 0 Å². The molecule has 0 bridgehead atoms. The molecule has 0 radical (unpaired) electrons. The summed E-state index contributed by atoms with van der Waals surface area (Å²) >= 11 is 0. The largest absolute Gasteiger partial charge is 0.487 e. The van der Waals surface area contributed by atoms with Crippen molar-refractivity contribution in [1.82, 2.24) is 25.0 Å². The second kappa shape index (κ2) is 10.8. The number of ether oxygens (including phenoxy) is 1. The molecular formula is C28H37FN6O3. The van der Waals surface area contributed by atoms with E-state index in [2.05, 4.69) is 15.2 Å². The first-order valence-corrected chi connectivity index (χ1v) is 13.4. The number of amides is 3. The van der Waals surface area contributed by atoms with Crippen LogP contribution in [0.4, 0.5) is 15.0 Å². The lowest BCUT2D eigenvalue weighted by Gasteiger charge is -2.47. The van der Waals surface area contributed by atoms with Gasteiger partial charge >= 0.3 is 6.03 Å². The van der Waals surface area contributed by atoms with Crippen molar-refractivity contribution >= 4 is 17.8 Å². The molecule has 0 aliphatic carbocycles. The molecule has 3 aliphatic rings. The van der Waals surface area contributed by atoms with Gasteiger partial charge in [0.2, 0.25) is 5.91 Å². The highest BCUT2D eigenvalue weighted by Gasteiger charge is 2.45. The summed E-state index contributed by atoms with van der Waals surface area (Å²) < 4.78 is 20.5. The Balaban J connectivity index is 1.18. The summed E-state index contributed by atoms with van der Waals surface area (Å²) in [5, 5.41) is 3.03. The van der Waals surface area contributed by atoms with E-state index in [0.717, 1.165) is 38.0 Å². The Morgan fingerprint density at radius 1 is 1.16 bits per heavy atom. The van der Waals surface area contributed by atoms with Crippen LogP contribution in [0.25, 0.3) is 0 Å². The van der Waals surface area contributed by atoms with Gasteiger partial charge in [0.25, 0.3) is 0 Å². The maximum absolute atomic E-state index is 14.0. The van der Waals surface area contributed by atoms with E-state index in [1.807, 2.05) is 17.0 Å². The summed E-state index contributed by atoms with van der Waals surface area (Å²) in [7, 11) is 3.36. The Morgan fingerprint density at radius 3 is 2.58 bits per heavy atom. The number of aromatic nitrogens is 1. The van der Waals surface area contributed by atoms with E-state index in [0.29, 0.717) is 49.5 Å². The average molecular weight is 525 g/mol. The van der Waals surface area contributed by atoms with Crippen LogP contribution < -0.4 is 15.8 Å². The van der Waals surface area contributed by atoms with E-state index in [1.165, 1.54) is 17.0 Å². The van der Waals surface area contributed by atoms with E-state index in [1.54, 1.807) is 26.4 Å². The smallest absolute Gasteiger partial charge is 0.317 e. The van der Waals surface area contributed by atoms with Crippen molar-refractivity contribution in [2.75, 3.05) is 46.0 Å². The molecule has 0 saturated carbocycles. The number of rotatable bonds is 4. The number of benzene rings is 1. The first kappa shape index (κ1) is 26.2. The average Bonchev–Trinajstić information content (AvgIpc) is 2.89. The van der Waals surface area contributed by atoms with Gasteiger partial charge in [-0.3, -0.25) is 9.69 Å². The van der Waals surface area contributed by atoms with Crippen LogP contribution in [0.15, 0.2) is 36.5 Å². The molecule has 38 heavy (non-hydrogen) atoms. The summed E-state index contributed by atoms with van der Waals surface area (Å²) in [6.45, 7) is 3.79.